The van der Waals surface area contributed by atoms with Gasteiger partial charge in [0.25, 0.3) is 0 Å². The van der Waals surface area contributed by atoms with Crippen LogP contribution in [0, 0.1) is 0 Å². The number of hydrogen-bond donors (Lipinski definition) is 0. The van der Waals surface area contributed by atoms with Gasteiger partial charge in [-0.25, -0.2) is 15.0 Å². The van der Waals surface area contributed by atoms with Crippen molar-refractivity contribution >= 4 is 0 Å². The van der Waals surface area contributed by atoms with Gasteiger partial charge in [-0.05, 0) is 138 Å². The van der Waals surface area contributed by atoms with E-state index in [1.807, 2.05) is 36.4 Å². The van der Waals surface area contributed by atoms with Crippen molar-refractivity contribution in [2.24, 2.45) is 0 Å². The Morgan fingerprint density at radius 2 is 0.306 bits per heavy atom. The summed E-state index contributed by atoms with van der Waals surface area (Å²) < 4.78 is 0. The van der Waals surface area contributed by atoms with Crippen LogP contribution in [-0.2, 0) is 0 Å². The zero-order chi connectivity index (χ0) is 48.1. The van der Waals surface area contributed by atoms with Crippen LogP contribution in [0.15, 0.2) is 285 Å². The third-order valence-corrected chi connectivity index (χ3v) is 13.3. The van der Waals surface area contributed by atoms with Crippen molar-refractivity contribution < 1.29 is 0 Å². The molecule has 0 amide bonds. The molecule has 0 spiro atoms. The molecule has 11 aromatic carbocycles. The maximum Gasteiger partial charge on any atom is 0.164 e. The van der Waals surface area contributed by atoms with Gasteiger partial charge in [0, 0.05) is 16.7 Å². The standard InChI is InChI=1S/C69H47N3/c1-5-18-48(19-6-1)51-36-38-53(39-37-51)68-70-67(52-24-11-4-12-25-52)71-69(72-68)63-35-17-33-61(44-63)59-31-15-29-57(42-59)55-27-13-26-54(40-55)56-28-14-30-58(41-56)60-32-16-34-62(43-60)66-46-64(49-20-7-2-8-21-49)45-65(47-66)50-22-9-3-10-23-50/h1-47H. The van der Waals surface area contributed by atoms with Crippen molar-refractivity contribution in [1.82, 2.24) is 15.0 Å². The summed E-state index contributed by atoms with van der Waals surface area (Å²) in [6.07, 6.45) is 0. The van der Waals surface area contributed by atoms with E-state index in [9.17, 15) is 0 Å². The van der Waals surface area contributed by atoms with E-state index in [4.69, 9.17) is 15.0 Å². The monoisotopic (exact) mass is 917 g/mol. The highest BCUT2D eigenvalue weighted by molar-refractivity contribution is 5.85. The predicted octanol–water partition coefficient (Wildman–Crippen LogP) is 18.2. The minimum absolute atomic E-state index is 0.625. The van der Waals surface area contributed by atoms with E-state index in [0.29, 0.717) is 17.5 Å². The SMILES string of the molecule is c1ccc(-c2ccc(-c3nc(-c4ccccc4)nc(-c4cccc(-c5cccc(-c6cccc(-c7cccc(-c8cccc(-c9cc(-c%10ccccc%10)cc(-c%10ccccc%10)c9)c8)c7)c6)c5)c4)n3)cc2)cc1. The van der Waals surface area contributed by atoms with E-state index < -0.39 is 0 Å². The fourth-order valence-electron chi connectivity index (χ4n) is 9.53. The van der Waals surface area contributed by atoms with Crippen molar-refractivity contribution in [3.8, 4) is 123 Å². The number of aromatic nitrogens is 3. The first-order valence-electron chi connectivity index (χ1n) is 24.4. The van der Waals surface area contributed by atoms with Crippen LogP contribution in [0.4, 0.5) is 0 Å². The molecule has 0 aliphatic heterocycles. The first-order valence-corrected chi connectivity index (χ1v) is 24.4. The third-order valence-electron chi connectivity index (χ3n) is 13.3. The van der Waals surface area contributed by atoms with E-state index in [0.717, 1.165) is 50.1 Å². The molecule has 0 N–H and O–H groups in total. The maximum atomic E-state index is 5.09. The Balaban J connectivity index is 0.834. The summed E-state index contributed by atoms with van der Waals surface area (Å²) in [5.41, 5.74) is 21.4. The van der Waals surface area contributed by atoms with Gasteiger partial charge < -0.3 is 0 Å². The zero-order valence-corrected chi connectivity index (χ0v) is 39.5. The van der Waals surface area contributed by atoms with Gasteiger partial charge in [0.1, 0.15) is 0 Å². The lowest BCUT2D eigenvalue weighted by molar-refractivity contribution is 1.07. The number of nitrogens with zero attached hydrogens (tertiary/aromatic N) is 3. The fraction of sp³-hybridized carbons (Fsp3) is 0. The molecule has 12 rings (SSSR count). The second-order valence-electron chi connectivity index (χ2n) is 18.1. The van der Waals surface area contributed by atoms with Crippen LogP contribution < -0.4 is 0 Å². The van der Waals surface area contributed by atoms with Gasteiger partial charge in [-0.3, -0.25) is 0 Å². The summed E-state index contributed by atoms with van der Waals surface area (Å²) in [6.45, 7) is 0. The molecule has 0 radical (unpaired) electrons. The number of rotatable bonds is 11. The molecule has 0 atom stereocenters. The second kappa shape index (κ2) is 19.8. The van der Waals surface area contributed by atoms with E-state index >= 15 is 0 Å². The topological polar surface area (TPSA) is 38.7 Å². The summed E-state index contributed by atoms with van der Waals surface area (Å²) in [5.74, 6) is 1.89. The Hall–Kier alpha value is -9.57. The number of hydrogen-bond acceptors (Lipinski definition) is 3. The highest BCUT2D eigenvalue weighted by Gasteiger charge is 2.15. The summed E-state index contributed by atoms with van der Waals surface area (Å²) in [7, 11) is 0. The highest BCUT2D eigenvalue weighted by Crippen LogP contribution is 2.37. The lowest BCUT2D eigenvalue weighted by Gasteiger charge is -2.13. The van der Waals surface area contributed by atoms with Crippen molar-refractivity contribution in [3.05, 3.63) is 285 Å². The molecule has 0 saturated carbocycles. The Morgan fingerprint density at radius 1 is 0.125 bits per heavy atom. The van der Waals surface area contributed by atoms with Crippen LogP contribution >= 0.6 is 0 Å². The molecule has 1 heterocycles. The Labute approximate surface area is 421 Å². The lowest BCUT2D eigenvalue weighted by atomic mass is 9.91. The smallest absolute Gasteiger partial charge is 0.164 e. The Morgan fingerprint density at radius 3 is 0.653 bits per heavy atom. The van der Waals surface area contributed by atoms with Crippen molar-refractivity contribution in [2.75, 3.05) is 0 Å². The molecule has 3 nitrogen and oxygen atoms in total. The van der Waals surface area contributed by atoms with Crippen molar-refractivity contribution in [2.45, 2.75) is 0 Å². The minimum Gasteiger partial charge on any atom is -0.208 e. The van der Waals surface area contributed by atoms with Gasteiger partial charge in [0.2, 0.25) is 0 Å². The van der Waals surface area contributed by atoms with Crippen LogP contribution in [-0.4, -0.2) is 15.0 Å². The largest absolute Gasteiger partial charge is 0.208 e. The van der Waals surface area contributed by atoms with Gasteiger partial charge in [-0.1, -0.05) is 237 Å². The van der Waals surface area contributed by atoms with Crippen LogP contribution in [0.1, 0.15) is 0 Å². The van der Waals surface area contributed by atoms with Crippen LogP contribution in [0.3, 0.4) is 0 Å². The molecule has 0 fully saturated rings. The van der Waals surface area contributed by atoms with Gasteiger partial charge in [0.05, 0.1) is 0 Å². The van der Waals surface area contributed by atoms with E-state index in [1.165, 1.54) is 55.6 Å². The van der Waals surface area contributed by atoms with Crippen LogP contribution in [0.2, 0.25) is 0 Å². The van der Waals surface area contributed by atoms with E-state index in [1.54, 1.807) is 0 Å². The highest BCUT2D eigenvalue weighted by atomic mass is 15.0. The fourth-order valence-corrected chi connectivity index (χ4v) is 9.53. The van der Waals surface area contributed by atoms with Gasteiger partial charge in [-0.15, -0.1) is 0 Å². The van der Waals surface area contributed by atoms with Gasteiger partial charge in [-0.2, -0.15) is 0 Å². The third kappa shape index (κ3) is 9.43. The lowest BCUT2D eigenvalue weighted by Crippen LogP contribution is -2.00. The first-order chi connectivity index (χ1) is 35.6. The van der Waals surface area contributed by atoms with E-state index in [-0.39, 0.29) is 0 Å². The summed E-state index contributed by atoms with van der Waals surface area (Å²) in [6, 6.07) is 101. The van der Waals surface area contributed by atoms with Crippen LogP contribution in [0.5, 0.6) is 0 Å². The van der Waals surface area contributed by atoms with Crippen molar-refractivity contribution in [1.29, 1.82) is 0 Å². The minimum atomic E-state index is 0.625. The molecule has 1 aromatic heterocycles. The number of benzene rings is 11. The molecule has 0 bridgehead atoms. The van der Waals surface area contributed by atoms with Crippen LogP contribution in [0.25, 0.3) is 123 Å². The molecule has 0 aliphatic carbocycles. The quantitative estimate of drug-likeness (QED) is 0.130. The molecule has 0 unspecified atom stereocenters. The molecule has 12 aromatic rings. The summed E-state index contributed by atoms with van der Waals surface area (Å²) in [4.78, 5) is 15.1. The average Bonchev–Trinajstić information content (AvgIpc) is 3.48. The Kier molecular flexibility index (Phi) is 12.0. The molecule has 72 heavy (non-hydrogen) atoms. The van der Waals surface area contributed by atoms with Gasteiger partial charge >= 0.3 is 0 Å². The zero-order valence-electron chi connectivity index (χ0n) is 39.5. The molecular formula is C69H47N3. The maximum absolute atomic E-state index is 5.09. The first kappa shape index (κ1) is 43.7. The van der Waals surface area contributed by atoms with E-state index in [2.05, 4.69) is 249 Å². The summed E-state index contributed by atoms with van der Waals surface area (Å²) >= 11 is 0. The van der Waals surface area contributed by atoms with Gasteiger partial charge in [0.15, 0.2) is 17.5 Å². The molecule has 338 valence electrons. The molecule has 3 heteroatoms. The average molecular weight is 918 g/mol. The van der Waals surface area contributed by atoms with Crippen molar-refractivity contribution in [3.63, 3.8) is 0 Å². The molecule has 0 saturated heterocycles. The Bertz CT molecular complexity index is 3770. The summed E-state index contributed by atoms with van der Waals surface area (Å²) in [5, 5.41) is 0. The normalized spacial score (nSPS) is 11.1. The second-order valence-corrected chi connectivity index (χ2v) is 18.1. The molecular weight excluding hydrogens is 871 g/mol. The predicted molar refractivity (Wildman–Crippen MR) is 300 cm³/mol. The molecule has 0 aliphatic rings.